The van der Waals surface area contributed by atoms with Crippen molar-refractivity contribution < 1.29 is 0 Å². The first-order chi connectivity index (χ1) is 12.0. The molecule has 1 saturated heterocycles. The summed E-state index contributed by atoms with van der Waals surface area (Å²) >= 11 is 3.46. The molecule has 2 heterocycles. The number of piperazine rings is 1. The van der Waals surface area contributed by atoms with E-state index in [0.29, 0.717) is 18.0 Å². The van der Waals surface area contributed by atoms with Crippen molar-refractivity contribution in [2.45, 2.75) is 52.2 Å². The lowest BCUT2D eigenvalue weighted by Gasteiger charge is -2.38. The molecule has 0 unspecified atom stereocenters. The van der Waals surface area contributed by atoms with E-state index in [4.69, 9.17) is 4.98 Å². The SMILES string of the molecule is CCC[C@H](c1nc2ccc(Br)cc2c(=O)n1CC)N1CCN[C@@H](C)C1. The Bertz CT molecular complexity index is 804. The molecule has 1 aromatic heterocycles. The van der Waals surface area contributed by atoms with Gasteiger partial charge in [0.05, 0.1) is 16.9 Å². The zero-order chi connectivity index (χ0) is 18.0. The van der Waals surface area contributed by atoms with Gasteiger partial charge in [-0.1, -0.05) is 29.3 Å². The molecule has 25 heavy (non-hydrogen) atoms. The van der Waals surface area contributed by atoms with E-state index in [1.54, 1.807) is 0 Å². The molecule has 2 aromatic rings. The summed E-state index contributed by atoms with van der Waals surface area (Å²) in [6, 6.07) is 6.42. The maximum Gasteiger partial charge on any atom is 0.261 e. The fourth-order valence-electron chi connectivity index (χ4n) is 3.76. The third-order valence-corrected chi connectivity index (χ3v) is 5.46. The molecule has 2 atom stereocenters. The van der Waals surface area contributed by atoms with E-state index < -0.39 is 0 Å². The fourth-order valence-corrected chi connectivity index (χ4v) is 4.12. The van der Waals surface area contributed by atoms with Crippen molar-refractivity contribution in [3.8, 4) is 0 Å². The number of nitrogens with zero attached hydrogens (tertiary/aromatic N) is 3. The second-order valence-corrected chi connectivity index (χ2v) is 7.75. The van der Waals surface area contributed by atoms with E-state index in [1.807, 2.05) is 29.7 Å². The Hall–Kier alpha value is -1.24. The predicted molar refractivity (Wildman–Crippen MR) is 106 cm³/mol. The van der Waals surface area contributed by atoms with Gasteiger partial charge in [-0.15, -0.1) is 0 Å². The summed E-state index contributed by atoms with van der Waals surface area (Å²) < 4.78 is 2.78. The van der Waals surface area contributed by atoms with Gasteiger partial charge in [-0.2, -0.15) is 0 Å². The molecule has 0 saturated carbocycles. The van der Waals surface area contributed by atoms with E-state index in [9.17, 15) is 4.79 Å². The Kier molecular flexibility index (Phi) is 5.92. The maximum absolute atomic E-state index is 13.1. The highest BCUT2D eigenvalue weighted by Gasteiger charge is 2.28. The number of rotatable bonds is 5. The van der Waals surface area contributed by atoms with Gasteiger partial charge in [-0.3, -0.25) is 14.3 Å². The maximum atomic E-state index is 13.1. The van der Waals surface area contributed by atoms with Crippen LogP contribution in [0.4, 0.5) is 0 Å². The number of hydrogen-bond acceptors (Lipinski definition) is 4. The molecule has 1 fully saturated rings. The zero-order valence-corrected chi connectivity index (χ0v) is 16.8. The molecule has 0 amide bonds. The minimum Gasteiger partial charge on any atom is -0.312 e. The molecule has 136 valence electrons. The first-order valence-electron chi connectivity index (χ1n) is 9.22. The van der Waals surface area contributed by atoms with Gasteiger partial charge in [-0.25, -0.2) is 4.98 Å². The summed E-state index contributed by atoms with van der Waals surface area (Å²) in [6.07, 6.45) is 2.09. The molecule has 0 spiro atoms. The average molecular weight is 407 g/mol. The number of aromatic nitrogens is 2. The third-order valence-electron chi connectivity index (χ3n) is 4.96. The van der Waals surface area contributed by atoms with Gasteiger partial charge in [0, 0.05) is 36.7 Å². The quantitative estimate of drug-likeness (QED) is 0.827. The minimum absolute atomic E-state index is 0.0630. The van der Waals surface area contributed by atoms with Crippen molar-refractivity contribution >= 4 is 26.8 Å². The largest absolute Gasteiger partial charge is 0.312 e. The van der Waals surface area contributed by atoms with Crippen LogP contribution < -0.4 is 10.9 Å². The summed E-state index contributed by atoms with van der Waals surface area (Å²) in [5.74, 6) is 0.915. The van der Waals surface area contributed by atoms with Gasteiger partial charge in [0.25, 0.3) is 5.56 Å². The van der Waals surface area contributed by atoms with Crippen LogP contribution in [0.1, 0.15) is 45.5 Å². The van der Waals surface area contributed by atoms with Crippen LogP contribution in [0.25, 0.3) is 10.9 Å². The van der Waals surface area contributed by atoms with Gasteiger partial charge in [0.1, 0.15) is 5.82 Å². The monoisotopic (exact) mass is 406 g/mol. The standard InChI is InChI=1S/C19H27BrN4O/c1-4-6-17(23-10-9-21-13(3)12-23)18-22-16-8-7-14(20)11-15(16)19(25)24(18)5-2/h7-8,11,13,17,21H,4-6,9-10,12H2,1-3H3/t13-,17+/m0/s1. The highest BCUT2D eigenvalue weighted by atomic mass is 79.9. The molecule has 1 N–H and O–H groups in total. The molecule has 0 radical (unpaired) electrons. The van der Waals surface area contributed by atoms with E-state index in [1.165, 1.54) is 0 Å². The summed E-state index contributed by atoms with van der Waals surface area (Å²) in [6.45, 7) is 10.1. The van der Waals surface area contributed by atoms with Crippen LogP contribution in [0.15, 0.2) is 27.5 Å². The molecule has 1 aromatic carbocycles. The Morgan fingerprint density at radius 1 is 1.40 bits per heavy atom. The molecular formula is C19H27BrN4O. The minimum atomic E-state index is 0.0630. The number of halogens is 1. The molecule has 1 aliphatic heterocycles. The van der Waals surface area contributed by atoms with Gasteiger partial charge in [0.15, 0.2) is 0 Å². The lowest BCUT2D eigenvalue weighted by Crippen LogP contribution is -2.51. The van der Waals surface area contributed by atoms with E-state index in [-0.39, 0.29) is 11.6 Å². The predicted octanol–water partition coefficient (Wildman–Crippen LogP) is 3.31. The van der Waals surface area contributed by atoms with Crippen LogP contribution >= 0.6 is 15.9 Å². The van der Waals surface area contributed by atoms with Crippen LogP contribution in [-0.2, 0) is 6.54 Å². The van der Waals surface area contributed by atoms with E-state index >= 15 is 0 Å². The first-order valence-corrected chi connectivity index (χ1v) is 10.0. The van der Waals surface area contributed by atoms with Crippen molar-refractivity contribution in [2.75, 3.05) is 19.6 Å². The zero-order valence-electron chi connectivity index (χ0n) is 15.3. The van der Waals surface area contributed by atoms with Gasteiger partial charge in [-0.05, 0) is 38.5 Å². The normalized spacial score (nSPS) is 20.1. The van der Waals surface area contributed by atoms with E-state index in [0.717, 1.165) is 48.3 Å². The smallest absolute Gasteiger partial charge is 0.261 e. The van der Waals surface area contributed by atoms with Gasteiger partial charge in [0.2, 0.25) is 0 Å². The van der Waals surface area contributed by atoms with Crippen molar-refractivity contribution in [1.29, 1.82) is 0 Å². The lowest BCUT2D eigenvalue weighted by molar-refractivity contribution is 0.132. The van der Waals surface area contributed by atoms with Gasteiger partial charge >= 0.3 is 0 Å². The Labute approximate surface area is 157 Å². The summed E-state index contributed by atoms with van der Waals surface area (Å²) in [5.41, 5.74) is 0.852. The first kappa shape index (κ1) is 18.5. The summed E-state index contributed by atoms with van der Waals surface area (Å²) in [4.78, 5) is 20.5. The van der Waals surface area contributed by atoms with Crippen molar-refractivity contribution in [1.82, 2.24) is 19.8 Å². The highest BCUT2D eigenvalue weighted by Crippen LogP contribution is 2.27. The molecular weight excluding hydrogens is 380 g/mol. The Morgan fingerprint density at radius 2 is 2.20 bits per heavy atom. The van der Waals surface area contributed by atoms with Crippen LogP contribution in [0, 0.1) is 0 Å². The average Bonchev–Trinajstić information content (AvgIpc) is 2.60. The summed E-state index contributed by atoms with van der Waals surface area (Å²) in [7, 11) is 0. The second-order valence-electron chi connectivity index (χ2n) is 6.84. The van der Waals surface area contributed by atoms with Crippen molar-refractivity contribution in [2.24, 2.45) is 0 Å². The van der Waals surface area contributed by atoms with Crippen LogP contribution in [0.3, 0.4) is 0 Å². The molecule has 6 heteroatoms. The molecule has 3 rings (SSSR count). The fraction of sp³-hybridized carbons (Fsp3) is 0.579. The highest BCUT2D eigenvalue weighted by molar-refractivity contribution is 9.10. The molecule has 5 nitrogen and oxygen atoms in total. The van der Waals surface area contributed by atoms with Crippen LogP contribution in [0.5, 0.6) is 0 Å². The van der Waals surface area contributed by atoms with Crippen molar-refractivity contribution in [3.63, 3.8) is 0 Å². The summed E-state index contributed by atoms with van der Waals surface area (Å²) in [5, 5.41) is 4.18. The number of hydrogen-bond donors (Lipinski definition) is 1. The van der Waals surface area contributed by atoms with Crippen LogP contribution in [0.2, 0.25) is 0 Å². The topological polar surface area (TPSA) is 50.2 Å². The Balaban J connectivity index is 2.13. The van der Waals surface area contributed by atoms with Crippen molar-refractivity contribution in [3.05, 3.63) is 38.9 Å². The Morgan fingerprint density at radius 3 is 2.88 bits per heavy atom. The number of nitrogens with one attached hydrogen (secondary N) is 1. The second kappa shape index (κ2) is 7.98. The lowest BCUT2D eigenvalue weighted by atomic mass is 10.1. The molecule has 0 aliphatic carbocycles. The molecule has 0 bridgehead atoms. The van der Waals surface area contributed by atoms with E-state index in [2.05, 4.69) is 40.0 Å². The van der Waals surface area contributed by atoms with Crippen LogP contribution in [-0.4, -0.2) is 40.1 Å². The molecule has 1 aliphatic rings. The van der Waals surface area contributed by atoms with Gasteiger partial charge < -0.3 is 5.32 Å². The number of fused-ring (bicyclic) bond motifs is 1. The number of benzene rings is 1. The third kappa shape index (κ3) is 3.81.